The molecule has 30 heavy (non-hydrogen) atoms. The monoisotopic (exact) mass is 431 g/mol. The number of rotatable bonds is 6. The van der Waals surface area contributed by atoms with E-state index in [1.54, 1.807) is 30.3 Å². The van der Waals surface area contributed by atoms with Crippen molar-refractivity contribution < 1.29 is 23.5 Å². The van der Waals surface area contributed by atoms with E-state index in [-0.39, 0.29) is 42.0 Å². The summed E-state index contributed by atoms with van der Waals surface area (Å²) in [6.45, 7) is 0.983. The Labute approximate surface area is 177 Å². The van der Waals surface area contributed by atoms with E-state index in [2.05, 4.69) is 16.0 Å². The Morgan fingerprint density at radius 3 is 2.70 bits per heavy atom. The fourth-order valence-corrected chi connectivity index (χ4v) is 4.34. The maximum atomic E-state index is 13.0. The molecule has 2 aliphatic heterocycles. The number of thioether (sulfide) groups is 1. The average Bonchev–Trinajstić information content (AvgIpc) is 2.73. The second-order valence-electron chi connectivity index (χ2n) is 7.06. The van der Waals surface area contributed by atoms with Gasteiger partial charge < -0.3 is 20.1 Å². The highest BCUT2D eigenvalue weighted by Gasteiger charge is 2.27. The normalized spacial score (nSPS) is 20.4. The van der Waals surface area contributed by atoms with Gasteiger partial charge in [0.15, 0.2) is 11.5 Å². The van der Waals surface area contributed by atoms with E-state index in [0.29, 0.717) is 36.2 Å². The largest absolute Gasteiger partial charge is 0.486 e. The van der Waals surface area contributed by atoms with Gasteiger partial charge in [0, 0.05) is 36.4 Å². The summed E-state index contributed by atoms with van der Waals surface area (Å²) in [6.07, 6.45) is 0.387. The lowest BCUT2D eigenvalue weighted by molar-refractivity contribution is -0.124. The molecule has 0 saturated carbocycles. The Hall–Kier alpha value is -2.78. The van der Waals surface area contributed by atoms with Gasteiger partial charge in [0.1, 0.15) is 24.5 Å². The van der Waals surface area contributed by atoms with Gasteiger partial charge in [-0.1, -0.05) is 12.1 Å². The predicted molar refractivity (Wildman–Crippen MR) is 112 cm³/mol. The van der Waals surface area contributed by atoms with Gasteiger partial charge in [-0.2, -0.15) is 0 Å². The summed E-state index contributed by atoms with van der Waals surface area (Å²) in [4.78, 5) is 24.5. The second-order valence-corrected chi connectivity index (χ2v) is 8.16. The quantitative estimate of drug-likeness (QED) is 0.652. The number of hydrogen-bond acceptors (Lipinski definition) is 6. The summed E-state index contributed by atoms with van der Waals surface area (Å²) in [5.74, 6) is 1.28. The van der Waals surface area contributed by atoms with Gasteiger partial charge >= 0.3 is 0 Å². The summed E-state index contributed by atoms with van der Waals surface area (Å²) in [6, 6.07) is 11.2. The van der Waals surface area contributed by atoms with Crippen LogP contribution in [-0.4, -0.2) is 36.6 Å². The Balaban J connectivity index is 1.29. The van der Waals surface area contributed by atoms with Crippen molar-refractivity contribution in [2.75, 3.05) is 18.5 Å². The molecule has 2 aromatic rings. The van der Waals surface area contributed by atoms with Crippen LogP contribution in [0.2, 0.25) is 0 Å². The number of nitrogens with one attached hydrogen (secondary N) is 3. The number of benzene rings is 2. The highest BCUT2D eigenvalue weighted by Crippen LogP contribution is 2.32. The smallest absolute Gasteiger partial charge is 0.225 e. The molecule has 0 spiro atoms. The van der Waals surface area contributed by atoms with Crippen molar-refractivity contribution in [1.82, 2.24) is 10.6 Å². The maximum absolute atomic E-state index is 13.0. The van der Waals surface area contributed by atoms with Crippen molar-refractivity contribution in [1.29, 1.82) is 0 Å². The summed E-state index contributed by atoms with van der Waals surface area (Å²) in [5, 5.41) is 8.99. The van der Waals surface area contributed by atoms with Crippen molar-refractivity contribution in [2.45, 2.75) is 30.1 Å². The van der Waals surface area contributed by atoms with Gasteiger partial charge in [0.25, 0.3) is 0 Å². The molecule has 2 unspecified atom stereocenters. The van der Waals surface area contributed by atoms with Crippen LogP contribution in [0.15, 0.2) is 42.5 Å². The van der Waals surface area contributed by atoms with Gasteiger partial charge in [-0.05, 0) is 29.8 Å². The standard InChI is InChI=1S/C21H22FN3O4S/c22-14-3-1-13(2-4-14)12-30-21-24-16(11-20(27)25-21)10-19(26)23-15-5-6-17-18(9-15)29-8-7-28-17/h1-6,9,16,21,24H,7-8,10-12H2,(H,23,26)(H,25,27). The van der Waals surface area contributed by atoms with Crippen LogP contribution in [0.5, 0.6) is 11.5 Å². The van der Waals surface area contributed by atoms with E-state index in [4.69, 9.17) is 9.47 Å². The molecule has 0 radical (unpaired) electrons. The zero-order chi connectivity index (χ0) is 20.9. The minimum Gasteiger partial charge on any atom is -0.486 e. The maximum Gasteiger partial charge on any atom is 0.225 e. The van der Waals surface area contributed by atoms with Crippen LogP contribution in [0.25, 0.3) is 0 Å². The first-order valence-corrected chi connectivity index (χ1v) is 10.7. The molecule has 9 heteroatoms. The van der Waals surface area contributed by atoms with Crippen LogP contribution < -0.4 is 25.4 Å². The molecule has 3 N–H and O–H groups in total. The lowest BCUT2D eigenvalue weighted by Gasteiger charge is -2.31. The minimum absolute atomic E-state index is 0.109. The SMILES string of the molecule is O=C(CC1CC(=O)NC(SCc2ccc(F)cc2)N1)Nc1ccc2c(c1)OCCO2. The third-order valence-electron chi connectivity index (χ3n) is 4.70. The van der Waals surface area contributed by atoms with Crippen molar-refractivity contribution >= 4 is 29.3 Å². The zero-order valence-corrected chi connectivity index (χ0v) is 17.0. The number of ether oxygens (including phenoxy) is 2. The third-order valence-corrected chi connectivity index (χ3v) is 5.79. The fraction of sp³-hybridized carbons (Fsp3) is 0.333. The number of fused-ring (bicyclic) bond motifs is 1. The van der Waals surface area contributed by atoms with Crippen LogP contribution in [0.1, 0.15) is 18.4 Å². The van der Waals surface area contributed by atoms with E-state index < -0.39 is 0 Å². The van der Waals surface area contributed by atoms with Gasteiger partial charge in [0.05, 0.1) is 0 Å². The highest BCUT2D eigenvalue weighted by atomic mass is 32.2. The lowest BCUT2D eigenvalue weighted by Crippen LogP contribution is -2.55. The van der Waals surface area contributed by atoms with E-state index in [1.165, 1.54) is 23.9 Å². The molecular weight excluding hydrogens is 409 g/mol. The molecule has 7 nitrogen and oxygen atoms in total. The Bertz CT molecular complexity index is 925. The highest BCUT2D eigenvalue weighted by molar-refractivity contribution is 7.99. The van der Waals surface area contributed by atoms with Gasteiger partial charge in [-0.3, -0.25) is 14.9 Å². The Kier molecular flexibility index (Phi) is 6.39. The molecule has 1 saturated heterocycles. The molecule has 2 aromatic carbocycles. The van der Waals surface area contributed by atoms with E-state index >= 15 is 0 Å². The number of carbonyl (C=O) groups is 2. The Morgan fingerprint density at radius 2 is 1.90 bits per heavy atom. The first kappa shape index (κ1) is 20.5. The lowest BCUT2D eigenvalue weighted by atomic mass is 10.1. The number of hydrogen-bond donors (Lipinski definition) is 3. The molecule has 0 aromatic heterocycles. The summed E-state index contributed by atoms with van der Waals surface area (Å²) >= 11 is 1.48. The van der Waals surface area contributed by atoms with E-state index in [1.807, 2.05) is 0 Å². The molecule has 1 fully saturated rings. The van der Waals surface area contributed by atoms with Crippen molar-refractivity contribution in [3.8, 4) is 11.5 Å². The van der Waals surface area contributed by atoms with Crippen molar-refractivity contribution in [3.05, 3.63) is 53.8 Å². The summed E-state index contributed by atoms with van der Waals surface area (Å²) < 4.78 is 24.0. The van der Waals surface area contributed by atoms with Crippen molar-refractivity contribution in [3.63, 3.8) is 0 Å². The number of anilines is 1. The number of halogens is 1. The van der Waals surface area contributed by atoms with Crippen LogP contribution >= 0.6 is 11.8 Å². The molecule has 2 heterocycles. The topological polar surface area (TPSA) is 88.7 Å². The number of carbonyl (C=O) groups excluding carboxylic acids is 2. The van der Waals surface area contributed by atoms with Gasteiger partial charge in [-0.15, -0.1) is 11.8 Å². The zero-order valence-electron chi connectivity index (χ0n) is 16.2. The average molecular weight is 431 g/mol. The summed E-state index contributed by atoms with van der Waals surface area (Å²) in [5.41, 5.74) is 1.26. The molecule has 4 rings (SSSR count). The first-order chi connectivity index (χ1) is 14.5. The minimum atomic E-state index is -0.316. The van der Waals surface area contributed by atoms with E-state index in [9.17, 15) is 14.0 Å². The molecule has 158 valence electrons. The predicted octanol–water partition coefficient (Wildman–Crippen LogP) is 2.62. The molecule has 0 aliphatic carbocycles. The van der Waals surface area contributed by atoms with E-state index in [0.717, 1.165) is 5.56 Å². The molecule has 0 bridgehead atoms. The van der Waals surface area contributed by atoms with Crippen molar-refractivity contribution in [2.24, 2.45) is 0 Å². The molecule has 2 atom stereocenters. The molecule has 2 amide bonds. The van der Waals surface area contributed by atoms with Crippen LogP contribution in [0.4, 0.5) is 10.1 Å². The molecule has 2 aliphatic rings. The van der Waals surface area contributed by atoms with Crippen LogP contribution in [0.3, 0.4) is 0 Å². The van der Waals surface area contributed by atoms with Crippen LogP contribution in [0, 0.1) is 5.82 Å². The molecular formula is C21H22FN3O4S. The fourth-order valence-electron chi connectivity index (χ4n) is 3.28. The second kappa shape index (κ2) is 9.36. The summed E-state index contributed by atoms with van der Waals surface area (Å²) in [7, 11) is 0. The Morgan fingerprint density at radius 1 is 1.13 bits per heavy atom. The van der Waals surface area contributed by atoms with Crippen LogP contribution in [-0.2, 0) is 15.3 Å². The third kappa shape index (κ3) is 5.43. The van der Waals surface area contributed by atoms with Gasteiger partial charge in [0.2, 0.25) is 11.8 Å². The number of amides is 2. The first-order valence-electron chi connectivity index (χ1n) is 9.66. The van der Waals surface area contributed by atoms with Gasteiger partial charge in [-0.25, -0.2) is 4.39 Å².